The summed E-state index contributed by atoms with van der Waals surface area (Å²) in [5, 5.41) is 17.4. The van der Waals surface area contributed by atoms with Crippen LogP contribution in [0.4, 0.5) is 4.39 Å². The van der Waals surface area contributed by atoms with Crippen LogP contribution in [0.15, 0.2) is 18.2 Å². The van der Waals surface area contributed by atoms with Gasteiger partial charge in [-0.15, -0.1) is 0 Å². The van der Waals surface area contributed by atoms with Crippen molar-refractivity contribution in [1.82, 2.24) is 0 Å². The topological polar surface area (TPSA) is 40.5 Å². The molecule has 0 saturated heterocycles. The zero-order valence-corrected chi connectivity index (χ0v) is 7.62. The van der Waals surface area contributed by atoms with Gasteiger partial charge >= 0.3 is 7.12 Å². The average Bonchev–Trinajstić information content (AvgIpc) is 1.85. The molecule has 0 heterocycles. The average molecular weight is 266 g/mol. The van der Waals surface area contributed by atoms with Crippen LogP contribution in [0.1, 0.15) is 0 Å². The molecule has 5 heteroatoms. The van der Waals surface area contributed by atoms with Crippen LogP contribution in [0.25, 0.3) is 0 Å². The molecule has 2 N–H and O–H groups in total. The summed E-state index contributed by atoms with van der Waals surface area (Å²) in [6.07, 6.45) is 0. The fourth-order valence-corrected chi connectivity index (χ4v) is 1.47. The number of hydrogen-bond donors (Lipinski definition) is 2. The van der Waals surface area contributed by atoms with Gasteiger partial charge in [-0.05, 0) is 40.2 Å². The molecule has 0 aromatic heterocycles. The lowest BCUT2D eigenvalue weighted by atomic mass is 9.80. The Labute approximate surface area is 77.3 Å². The minimum absolute atomic E-state index is 0.326. The van der Waals surface area contributed by atoms with Crippen molar-refractivity contribution in [2.24, 2.45) is 0 Å². The molecular formula is C6H5BFIO2. The van der Waals surface area contributed by atoms with Gasteiger partial charge in [-0.1, -0.05) is 6.07 Å². The Hall–Kier alpha value is -0.135. The molecule has 0 unspecified atom stereocenters. The van der Waals surface area contributed by atoms with E-state index in [1.54, 1.807) is 0 Å². The van der Waals surface area contributed by atoms with Gasteiger partial charge in [0, 0.05) is 3.57 Å². The third-order valence-electron chi connectivity index (χ3n) is 1.24. The molecule has 0 radical (unpaired) electrons. The molecule has 0 spiro atoms. The molecule has 58 valence electrons. The second kappa shape index (κ2) is 3.51. The summed E-state index contributed by atoms with van der Waals surface area (Å²) in [4.78, 5) is 0. The molecule has 0 aliphatic heterocycles. The summed E-state index contributed by atoms with van der Waals surface area (Å²) in [6.45, 7) is 0. The standard InChI is InChI=1S/C6H5BFIO2/c8-4-1-2-5(7(10)11)6(9)3-4/h1-3,10-11H. The quantitative estimate of drug-likeness (QED) is 0.559. The van der Waals surface area contributed by atoms with Crippen LogP contribution in [-0.4, -0.2) is 17.2 Å². The van der Waals surface area contributed by atoms with E-state index in [1.165, 1.54) is 18.2 Å². The van der Waals surface area contributed by atoms with E-state index in [4.69, 9.17) is 10.0 Å². The van der Waals surface area contributed by atoms with Gasteiger partial charge in [0.25, 0.3) is 0 Å². The van der Waals surface area contributed by atoms with Gasteiger partial charge in [0.1, 0.15) is 5.82 Å². The Balaban J connectivity index is 3.09. The van der Waals surface area contributed by atoms with Gasteiger partial charge in [-0.3, -0.25) is 0 Å². The molecule has 0 amide bonds. The third kappa shape index (κ3) is 2.15. The zero-order chi connectivity index (χ0) is 8.43. The lowest BCUT2D eigenvalue weighted by Crippen LogP contribution is -2.32. The van der Waals surface area contributed by atoms with Crippen LogP contribution in [0.5, 0.6) is 0 Å². The first-order chi connectivity index (χ1) is 5.11. The van der Waals surface area contributed by atoms with E-state index in [0.29, 0.717) is 9.03 Å². The minimum Gasteiger partial charge on any atom is -0.423 e. The van der Waals surface area contributed by atoms with Crippen LogP contribution in [0.3, 0.4) is 0 Å². The van der Waals surface area contributed by atoms with E-state index in [0.717, 1.165) is 0 Å². The van der Waals surface area contributed by atoms with Crippen LogP contribution >= 0.6 is 22.6 Å². The predicted molar refractivity (Wildman–Crippen MR) is 48.9 cm³/mol. The maximum Gasteiger partial charge on any atom is 0.489 e. The highest BCUT2D eigenvalue weighted by Gasteiger charge is 2.14. The molecule has 2 nitrogen and oxygen atoms in total. The van der Waals surface area contributed by atoms with Crippen molar-refractivity contribution in [1.29, 1.82) is 0 Å². The smallest absolute Gasteiger partial charge is 0.423 e. The lowest BCUT2D eigenvalue weighted by Gasteiger charge is -2.01. The second-order valence-corrected chi connectivity index (χ2v) is 3.20. The van der Waals surface area contributed by atoms with E-state index in [1.807, 2.05) is 22.6 Å². The summed E-state index contributed by atoms with van der Waals surface area (Å²) >= 11 is 1.84. The molecule has 0 aliphatic rings. The maximum atomic E-state index is 12.4. The summed E-state index contributed by atoms with van der Waals surface area (Å²) < 4.78 is 13.0. The summed E-state index contributed by atoms with van der Waals surface area (Å²) in [5.41, 5.74) is 0.326. The van der Waals surface area contributed by atoms with Crippen LogP contribution < -0.4 is 5.46 Å². The Morgan fingerprint density at radius 1 is 1.36 bits per heavy atom. The second-order valence-electron chi connectivity index (χ2n) is 2.04. The molecular weight excluding hydrogens is 261 g/mol. The van der Waals surface area contributed by atoms with Crippen molar-refractivity contribution < 1.29 is 14.4 Å². The van der Waals surface area contributed by atoms with Crippen molar-refractivity contribution in [3.8, 4) is 0 Å². The SMILES string of the molecule is OB(O)c1ccc(F)cc1I. The van der Waals surface area contributed by atoms with Gasteiger partial charge in [0.15, 0.2) is 0 Å². The summed E-state index contributed by atoms with van der Waals surface area (Å²) in [7, 11) is -1.53. The predicted octanol–water partition coefficient (Wildman–Crippen LogP) is 0.110. The molecule has 1 aromatic carbocycles. The van der Waals surface area contributed by atoms with Crippen LogP contribution in [0, 0.1) is 9.39 Å². The molecule has 0 bridgehead atoms. The number of halogens is 2. The zero-order valence-electron chi connectivity index (χ0n) is 5.46. The monoisotopic (exact) mass is 266 g/mol. The largest absolute Gasteiger partial charge is 0.489 e. The van der Waals surface area contributed by atoms with E-state index < -0.39 is 7.12 Å². The van der Waals surface area contributed by atoms with E-state index in [-0.39, 0.29) is 5.82 Å². The first-order valence-corrected chi connectivity index (χ1v) is 4.00. The number of rotatable bonds is 1. The van der Waals surface area contributed by atoms with E-state index in [9.17, 15) is 4.39 Å². The Bertz CT molecular complexity index is 267. The van der Waals surface area contributed by atoms with Crippen LogP contribution in [-0.2, 0) is 0 Å². The molecule has 0 aliphatic carbocycles. The van der Waals surface area contributed by atoms with Crippen molar-refractivity contribution in [2.45, 2.75) is 0 Å². The van der Waals surface area contributed by atoms with Gasteiger partial charge in [-0.25, -0.2) is 4.39 Å². The molecule has 0 saturated carbocycles. The highest BCUT2D eigenvalue weighted by atomic mass is 127. The summed E-state index contributed by atoms with van der Waals surface area (Å²) in [5.74, 6) is -0.376. The summed E-state index contributed by atoms with van der Waals surface area (Å²) in [6, 6.07) is 3.79. The van der Waals surface area contributed by atoms with Crippen molar-refractivity contribution in [2.75, 3.05) is 0 Å². The maximum absolute atomic E-state index is 12.4. The molecule has 11 heavy (non-hydrogen) atoms. The number of hydrogen-bond acceptors (Lipinski definition) is 2. The first-order valence-electron chi connectivity index (χ1n) is 2.92. The van der Waals surface area contributed by atoms with Crippen molar-refractivity contribution in [3.63, 3.8) is 0 Å². The Morgan fingerprint density at radius 2 is 2.00 bits per heavy atom. The van der Waals surface area contributed by atoms with Gasteiger partial charge < -0.3 is 10.0 Å². The molecule has 1 aromatic rings. The van der Waals surface area contributed by atoms with Gasteiger partial charge in [0.2, 0.25) is 0 Å². The third-order valence-corrected chi connectivity index (χ3v) is 2.17. The van der Waals surface area contributed by atoms with E-state index in [2.05, 4.69) is 0 Å². The normalized spacial score (nSPS) is 9.82. The minimum atomic E-state index is -1.53. The Kier molecular flexibility index (Phi) is 2.86. The van der Waals surface area contributed by atoms with E-state index >= 15 is 0 Å². The molecule has 0 fully saturated rings. The highest BCUT2D eigenvalue weighted by molar-refractivity contribution is 14.1. The molecule has 1 rings (SSSR count). The lowest BCUT2D eigenvalue weighted by molar-refractivity contribution is 0.425. The highest BCUT2D eigenvalue weighted by Crippen LogP contribution is 2.04. The fourth-order valence-electron chi connectivity index (χ4n) is 0.711. The van der Waals surface area contributed by atoms with Crippen molar-refractivity contribution >= 4 is 35.2 Å². The van der Waals surface area contributed by atoms with Crippen LogP contribution in [0.2, 0.25) is 0 Å². The van der Waals surface area contributed by atoms with Gasteiger partial charge in [0.05, 0.1) is 0 Å². The molecule has 0 atom stereocenters. The fraction of sp³-hybridized carbons (Fsp3) is 0. The van der Waals surface area contributed by atoms with Crippen molar-refractivity contribution in [3.05, 3.63) is 27.6 Å². The Morgan fingerprint density at radius 3 is 2.45 bits per heavy atom. The number of benzene rings is 1. The van der Waals surface area contributed by atoms with Gasteiger partial charge in [-0.2, -0.15) is 0 Å². The first kappa shape index (κ1) is 8.96.